The summed E-state index contributed by atoms with van der Waals surface area (Å²) in [5.74, 6) is 0. The minimum atomic E-state index is -0.0822. The van der Waals surface area contributed by atoms with Crippen LogP contribution in [0, 0.1) is 0 Å². The summed E-state index contributed by atoms with van der Waals surface area (Å²) in [6, 6.07) is 10.6. The van der Waals surface area contributed by atoms with Crippen LogP contribution in [0.2, 0.25) is 0 Å². The van der Waals surface area contributed by atoms with Gasteiger partial charge in [-0.05, 0) is 24.8 Å². The average molecular weight is 203 g/mol. The van der Waals surface area contributed by atoms with Crippen molar-refractivity contribution in [1.29, 1.82) is 0 Å². The normalized spacial score (nSPS) is 28.5. The minimum absolute atomic E-state index is 0.0822. The molecule has 1 aromatic carbocycles. The van der Waals surface area contributed by atoms with Crippen molar-refractivity contribution >= 4 is 0 Å². The highest BCUT2D eigenvalue weighted by Crippen LogP contribution is 2.50. The van der Waals surface area contributed by atoms with E-state index in [9.17, 15) is 5.11 Å². The van der Waals surface area contributed by atoms with Crippen LogP contribution in [0.1, 0.15) is 24.8 Å². The van der Waals surface area contributed by atoms with Gasteiger partial charge >= 0.3 is 0 Å². The summed E-state index contributed by atoms with van der Waals surface area (Å²) in [4.78, 5) is 2.47. The van der Waals surface area contributed by atoms with Crippen molar-refractivity contribution in [2.75, 3.05) is 6.54 Å². The first-order valence-corrected chi connectivity index (χ1v) is 5.78. The van der Waals surface area contributed by atoms with Crippen LogP contribution in [0.3, 0.4) is 0 Å². The molecule has 2 aliphatic rings. The molecule has 3 rings (SSSR count). The molecule has 1 aromatic rings. The van der Waals surface area contributed by atoms with E-state index >= 15 is 0 Å². The van der Waals surface area contributed by atoms with Gasteiger partial charge in [0.2, 0.25) is 0 Å². The third-order valence-corrected chi connectivity index (χ3v) is 3.90. The molecule has 0 radical (unpaired) electrons. The second kappa shape index (κ2) is 3.32. The molecular formula is C13H17NO. The number of benzene rings is 1. The molecule has 1 atom stereocenters. The molecule has 1 aliphatic carbocycles. The van der Waals surface area contributed by atoms with E-state index in [4.69, 9.17) is 0 Å². The van der Waals surface area contributed by atoms with Crippen LogP contribution in [0.25, 0.3) is 0 Å². The molecule has 1 saturated heterocycles. The van der Waals surface area contributed by atoms with E-state index < -0.39 is 0 Å². The van der Waals surface area contributed by atoms with Gasteiger partial charge in [0.15, 0.2) is 0 Å². The Hall–Kier alpha value is -0.860. The first-order chi connectivity index (χ1) is 7.31. The summed E-state index contributed by atoms with van der Waals surface area (Å²) in [6.07, 6.45) is 3.23. The zero-order chi connectivity index (χ0) is 10.3. The lowest BCUT2D eigenvalue weighted by Gasteiger charge is -2.25. The van der Waals surface area contributed by atoms with Crippen LogP contribution in [-0.2, 0) is 6.54 Å². The number of aliphatic hydroxyl groups excluding tert-OH is 1. The fraction of sp³-hybridized carbons (Fsp3) is 0.538. The third-order valence-electron chi connectivity index (χ3n) is 3.90. The first kappa shape index (κ1) is 9.37. The van der Waals surface area contributed by atoms with Crippen LogP contribution >= 0.6 is 0 Å². The fourth-order valence-corrected chi connectivity index (χ4v) is 2.80. The lowest BCUT2D eigenvalue weighted by atomic mass is 10.1. The minimum Gasteiger partial charge on any atom is -0.391 e. The topological polar surface area (TPSA) is 23.5 Å². The van der Waals surface area contributed by atoms with E-state index in [1.807, 2.05) is 0 Å². The van der Waals surface area contributed by atoms with Crippen molar-refractivity contribution in [3.8, 4) is 0 Å². The van der Waals surface area contributed by atoms with Gasteiger partial charge in [-0.25, -0.2) is 0 Å². The van der Waals surface area contributed by atoms with Crippen molar-refractivity contribution < 1.29 is 5.11 Å². The molecule has 2 nitrogen and oxygen atoms in total. The number of rotatable bonds is 2. The van der Waals surface area contributed by atoms with Crippen molar-refractivity contribution in [3.05, 3.63) is 35.9 Å². The molecule has 1 spiro atoms. The Labute approximate surface area is 90.5 Å². The largest absolute Gasteiger partial charge is 0.391 e. The van der Waals surface area contributed by atoms with E-state index in [1.165, 1.54) is 18.4 Å². The highest BCUT2D eigenvalue weighted by molar-refractivity contribution is 5.19. The summed E-state index contributed by atoms with van der Waals surface area (Å²) in [6.45, 7) is 2.05. The highest BCUT2D eigenvalue weighted by atomic mass is 16.3. The van der Waals surface area contributed by atoms with Crippen LogP contribution in [0.15, 0.2) is 30.3 Å². The number of nitrogens with zero attached hydrogens (tertiary/aromatic N) is 1. The summed E-state index contributed by atoms with van der Waals surface area (Å²) >= 11 is 0. The van der Waals surface area contributed by atoms with Crippen molar-refractivity contribution in [2.45, 2.75) is 37.5 Å². The van der Waals surface area contributed by atoms with Gasteiger partial charge in [-0.3, -0.25) is 4.90 Å². The standard InChI is InChI=1S/C13H17NO/c15-12-6-9-14(13(12)7-8-13)10-11-4-2-1-3-5-11/h1-5,12,15H,6-10H2. The molecule has 1 unspecified atom stereocenters. The van der Waals surface area contributed by atoms with Gasteiger partial charge in [0.05, 0.1) is 6.10 Å². The Morgan fingerprint density at radius 2 is 2.00 bits per heavy atom. The number of likely N-dealkylation sites (tertiary alicyclic amines) is 1. The van der Waals surface area contributed by atoms with Gasteiger partial charge < -0.3 is 5.11 Å². The molecule has 2 heteroatoms. The maximum Gasteiger partial charge on any atom is 0.0736 e. The van der Waals surface area contributed by atoms with Crippen LogP contribution in [0.4, 0.5) is 0 Å². The predicted molar refractivity (Wildman–Crippen MR) is 59.4 cm³/mol. The maximum absolute atomic E-state index is 9.93. The molecule has 1 aliphatic heterocycles. The summed E-state index contributed by atoms with van der Waals surface area (Å²) < 4.78 is 0. The second-order valence-electron chi connectivity index (χ2n) is 4.82. The van der Waals surface area contributed by atoms with Crippen LogP contribution in [-0.4, -0.2) is 28.2 Å². The van der Waals surface area contributed by atoms with Crippen molar-refractivity contribution in [1.82, 2.24) is 4.90 Å². The molecule has 0 amide bonds. The third kappa shape index (κ3) is 1.48. The molecule has 0 bridgehead atoms. The molecule has 1 heterocycles. The summed E-state index contributed by atoms with van der Waals surface area (Å²) in [5.41, 5.74) is 1.52. The zero-order valence-electron chi connectivity index (χ0n) is 8.89. The first-order valence-electron chi connectivity index (χ1n) is 5.78. The van der Waals surface area contributed by atoms with E-state index in [-0.39, 0.29) is 11.6 Å². The van der Waals surface area contributed by atoms with Gasteiger partial charge in [-0.1, -0.05) is 30.3 Å². The second-order valence-corrected chi connectivity index (χ2v) is 4.82. The van der Waals surface area contributed by atoms with Gasteiger partial charge in [0.25, 0.3) is 0 Å². The quantitative estimate of drug-likeness (QED) is 0.792. The van der Waals surface area contributed by atoms with Crippen molar-refractivity contribution in [3.63, 3.8) is 0 Å². The van der Waals surface area contributed by atoms with Gasteiger partial charge in [-0.15, -0.1) is 0 Å². The molecule has 2 fully saturated rings. The van der Waals surface area contributed by atoms with Gasteiger partial charge in [0, 0.05) is 18.6 Å². The van der Waals surface area contributed by atoms with E-state index in [0.29, 0.717) is 0 Å². The Morgan fingerprint density at radius 3 is 2.67 bits per heavy atom. The smallest absolute Gasteiger partial charge is 0.0736 e. The monoisotopic (exact) mass is 203 g/mol. The molecule has 0 aromatic heterocycles. The van der Waals surface area contributed by atoms with Crippen LogP contribution in [0.5, 0.6) is 0 Å². The predicted octanol–water partition coefficient (Wildman–Crippen LogP) is 1.79. The maximum atomic E-state index is 9.93. The highest BCUT2D eigenvalue weighted by Gasteiger charge is 2.56. The van der Waals surface area contributed by atoms with E-state index in [2.05, 4.69) is 35.2 Å². The molecular weight excluding hydrogens is 186 g/mol. The molecule has 1 N–H and O–H groups in total. The lowest BCUT2D eigenvalue weighted by Crippen LogP contribution is -2.36. The number of hydrogen-bond donors (Lipinski definition) is 1. The number of hydrogen-bond acceptors (Lipinski definition) is 2. The average Bonchev–Trinajstić information content (AvgIpc) is 3.01. The summed E-state index contributed by atoms with van der Waals surface area (Å²) in [5, 5.41) is 9.93. The Balaban J connectivity index is 1.75. The fourth-order valence-electron chi connectivity index (χ4n) is 2.80. The zero-order valence-corrected chi connectivity index (χ0v) is 8.89. The van der Waals surface area contributed by atoms with E-state index in [0.717, 1.165) is 19.5 Å². The SMILES string of the molecule is OC1CCN(Cc2ccccc2)C12CC2. The van der Waals surface area contributed by atoms with Crippen molar-refractivity contribution in [2.24, 2.45) is 0 Å². The Kier molecular flexibility index (Phi) is 2.08. The lowest BCUT2D eigenvalue weighted by molar-refractivity contribution is 0.0960. The van der Waals surface area contributed by atoms with Crippen LogP contribution < -0.4 is 0 Å². The Morgan fingerprint density at radius 1 is 1.27 bits per heavy atom. The molecule has 80 valence electrons. The Bertz CT molecular complexity index is 345. The molecule has 1 saturated carbocycles. The summed E-state index contributed by atoms with van der Waals surface area (Å²) in [7, 11) is 0. The number of aliphatic hydroxyl groups is 1. The van der Waals surface area contributed by atoms with E-state index in [1.54, 1.807) is 0 Å². The molecule has 15 heavy (non-hydrogen) atoms. The van der Waals surface area contributed by atoms with Gasteiger partial charge in [0.1, 0.15) is 0 Å². The van der Waals surface area contributed by atoms with Gasteiger partial charge in [-0.2, -0.15) is 0 Å².